The summed E-state index contributed by atoms with van der Waals surface area (Å²) in [5, 5.41) is 16.8. The Morgan fingerprint density at radius 2 is 2.00 bits per heavy atom. The normalized spacial score (nSPS) is 16.4. The number of piperidine rings is 1. The Hall–Kier alpha value is -4.05. The second kappa shape index (κ2) is 13.7. The maximum atomic E-state index is 14.9. The van der Waals surface area contributed by atoms with Gasteiger partial charge in [0.2, 0.25) is 0 Å². The second-order valence-corrected chi connectivity index (χ2v) is 11.5. The number of amides is 2. The van der Waals surface area contributed by atoms with Crippen LogP contribution in [0, 0.1) is 11.7 Å². The molecular formula is C34H36ClFN4O4. The van der Waals surface area contributed by atoms with Crippen LogP contribution in [0.5, 0.6) is 0 Å². The van der Waals surface area contributed by atoms with Gasteiger partial charge in [-0.15, -0.1) is 0 Å². The van der Waals surface area contributed by atoms with Crippen molar-refractivity contribution in [2.75, 3.05) is 26.7 Å². The van der Waals surface area contributed by atoms with Crippen LogP contribution in [0.4, 0.5) is 9.18 Å². The molecule has 1 aliphatic rings. The summed E-state index contributed by atoms with van der Waals surface area (Å²) in [6, 6.07) is 19.6. The van der Waals surface area contributed by atoms with Gasteiger partial charge >= 0.3 is 6.09 Å². The van der Waals surface area contributed by atoms with Gasteiger partial charge in [0.25, 0.3) is 5.91 Å². The Bertz CT molecular complexity index is 1670. The number of aliphatic hydroxyl groups is 1. The van der Waals surface area contributed by atoms with Gasteiger partial charge in [0, 0.05) is 59.8 Å². The average molecular weight is 619 g/mol. The molecule has 0 saturated carbocycles. The van der Waals surface area contributed by atoms with Crippen molar-refractivity contribution in [1.29, 1.82) is 0 Å². The van der Waals surface area contributed by atoms with Crippen molar-refractivity contribution in [2.45, 2.75) is 37.8 Å². The van der Waals surface area contributed by atoms with Gasteiger partial charge in [-0.05, 0) is 67.1 Å². The molecule has 0 radical (unpaired) electrons. The number of methoxy groups -OCH3 is 1. The number of nitrogens with two attached hydrogens (primary N) is 1. The minimum Gasteiger partial charge on any atom is -0.453 e. The van der Waals surface area contributed by atoms with Crippen LogP contribution in [0.3, 0.4) is 0 Å². The number of fused-ring (bicyclic) bond motifs is 1. The largest absolute Gasteiger partial charge is 0.453 e. The first kappa shape index (κ1) is 31.4. The third-order valence-electron chi connectivity index (χ3n) is 8.43. The molecule has 0 spiro atoms. The quantitative estimate of drug-likeness (QED) is 0.197. The fraction of sp³-hybridized carbons (Fsp3) is 0.324. The summed E-state index contributed by atoms with van der Waals surface area (Å²) in [5.74, 6) is -1.46. The zero-order valence-corrected chi connectivity index (χ0v) is 25.3. The van der Waals surface area contributed by atoms with Gasteiger partial charge in [0.05, 0.1) is 23.8 Å². The van der Waals surface area contributed by atoms with Gasteiger partial charge in [-0.2, -0.15) is 0 Å². The van der Waals surface area contributed by atoms with E-state index >= 15 is 0 Å². The molecule has 4 aromatic rings. The third kappa shape index (κ3) is 6.55. The number of nitrogens with zero attached hydrogens (tertiary/aromatic N) is 2. The number of aromatic nitrogens is 1. The number of carbonyl (C=O) groups is 2. The number of rotatable bonds is 9. The molecule has 2 unspecified atom stereocenters. The number of hydrogen-bond acceptors (Lipinski definition) is 6. The molecule has 8 nitrogen and oxygen atoms in total. The lowest BCUT2D eigenvalue weighted by Crippen LogP contribution is -2.48. The number of alkyl carbamates (subject to hydrolysis) is 1. The van der Waals surface area contributed by atoms with Crippen molar-refractivity contribution in [1.82, 2.24) is 15.2 Å². The Labute approximate surface area is 261 Å². The average Bonchev–Trinajstić information content (AvgIpc) is 3.05. The van der Waals surface area contributed by atoms with E-state index in [4.69, 9.17) is 22.1 Å². The van der Waals surface area contributed by atoms with Gasteiger partial charge < -0.3 is 25.8 Å². The highest BCUT2D eigenvalue weighted by molar-refractivity contribution is 6.33. The highest BCUT2D eigenvalue weighted by Gasteiger charge is 2.43. The number of benzene rings is 3. The molecule has 230 valence electrons. The molecule has 3 aromatic carbocycles. The summed E-state index contributed by atoms with van der Waals surface area (Å²) in [6.07, 6.45) is 3.12. The van der Waals surface area contributed by atoms with Gasteiger partial charge in [0.15, 0.2) is 0 Å². The molecule has 2 amide bonds. The van der Waals surface area contributed by atoms with Crippen LogP contribution in [0.15, 0.2) is 72.9 Å². The predicted molar refractivity (Wildman–Crippen MR) is 169 cm³/mol. The van der Waals surface area contributed by atoms with E-state index in [0.29, 0.717) is 47.5 Å². The Morgan fingerprint density at radius 1 is 1.18 bits per heavy atom. The Kier molecular flexibility index (Phi) is 9.78. The summed E-state index contributed by atoms with van der Waals surface area (Å²) < 4.78 is 19.6. The minimum atomic E-state index is -1.45. The number of likely N-dealkylation sites (tertiary alicyclic amines) is 1. The van der Waals surface area contributed by atoms with E-state index in [1.807, 2.05) is 36.4 Å². The predicted octanol–water partition coefficient (Wildman–Crippen LogP) is 6.03. The second-order valence-electron chi connectivity index (χ2n) is 11.1. The molecule has 2 heterocycles. The maximum Gasteiger partial charge on any atom is 0.406 e. The van der Waals surface area contributed by atoms with Gasteiger partial charge in [0.1, 0.15) is 5.82 Å². The fourth-order valence-corrected chi connectivity index (χ4v) is 6.43. The molecule has 10 heteroatoms. The van der Waals surface area contributed by atoms with E-state index in [1.54, 1.807) is 29.3 Å². The summed E-state index contributed by atoms with van der Waals surface area (Å²) in [7, 11) is 1.29. The molecule has 5 rings (SSSR count). The lowest BCUT2D eigenvalue weighted by atomic mass is 9.72. The van der Waals surface area contributed by atoms with Crippen LogP contribution in [0.2, 0.25) is 5.02 Å². The van der Waals surface area contributed by atoms with Crippen molar-refractivity contribution in [2.24, 2.45) is 11.7 Å². The van der Waals surface area contributed by atoms with E-state index < -0.39 is 29.3 Å². The topological polar surface area (TPSA) is 118 Å². The SMILES string of the molecule is COC(=O)NCCCC(O)(c1cccc(Cl)c1-c1cnc2ccccc2c1)C1CCCN(C(=O)c2ccc(CN)cc2F)C1. The molecule has 0 aliphatic carbocycles. The molecule has 4 N–H and O–H groups in total. The van der Waals surface area contributed by atoms with Gasteiger partial charge in [-0.3, -0.25) is 9.78 Å². The summed E-state index contributed by atoms with van der Waals surface area (Å²) in [5.41, 5.74) is 7.61. The van der Waals surface area contributed by atoms with Gasteiger partial charge in [-0.1, -0.05) is 48.0 Å². The molecular weight excluding hydrogens is 583 g/mol. The molecule has 2 atom stereocenters. The van der Waals surface area contributed by atoms with E-state index in [9.17, 15) is 19.1 Å². The first-order chi connectivity index (χ1) is 21.2. The molecule has 1 aromatic heterocycles. The standard InChI is InChI=1S/C34H36ClFN4O4/c1-44-33(42)38-15-6-14-34(43,25-8-5-16-40(21-25)32(41)26-13-12-22(19-37)17-29(26)36)27-9-4-10-28(35)31(27)24-18-23-7-2-3-11-30(23)39-20-24/h2-4,7,9-13,17-18,20,25,43H,5-6,8,14-16,19,21,37H2,1H3,(H,38,42). The smallest absolute Gasteiger partial charge is 0.406 e. The van der Waals surface area contributed by atoms with Crippen molar-refractivity contribution in [3.05, 3.63) is 100 Å². The minimum absolute atomic E-state index is 0.0284. The molecule has 1 aliphatic heterocycles. The summed E-state index contributed by atoms with van der Waals surface area (Å²) >= 11 is 6.86. The maximum absolute atomic E-state index is 14.9. The van der Waals surface area contributed by atoms with Crippen LogP contribution in [0.25, 0.3) is 22.0 Å². The number of para-hydroxylation sites is 1. The molecule has 0 bridgehead atoms. The third-order valence-corrected chi connectivity index (χ3v) is 8.75. The number of hydrogen-bond donors (Lipinski definition) is 3. The monoisotopic (exact) mass is 618 g/mol. The van der Waals surface area contributed by atoms with E-state index in [2.05, 4.69) is 10.3 Å². The van der Waals surface area contributed by atoms with Crippen molar-refractivity contribution >= 4 is 34.5 Å². The summed E-state index contributed by atoms with van der Waals surface area (Å²) in [4.78, 5) is 31.5. The Balaban J connectivity index is 1.53. The summed E-state index contributed by atoms with van der Waals surface area (Å²) in [6.45, 7) is 1.09. The van der Waals surface area contributed by atoms with Crippen molar-refractivity contribution in [3.63, 3.8) is 0 Å². The lowest BCUT2D eigenvalue weighted by molar-refractivity contribution is -0.0563. The van der Waals surface area contributed by atoms with E-state index in [0.717, 1.165) is 16.5 Å². The van der Waals surface area contributed by atoms with Crippen molar-refractivity contribution < 1.29 is 23.8 Å². The van der Waals surface area contributed by atoms with Crippen LogP contribution >= 0.6 is 11.6 Å². The van der Waals surface area contributed by atoms with E-state index in [1.165, 1.54) is 19.2 Å². The zero-order valence-electron chi connectivity index (χ0n) is 24.6. The first-order valence-electron chi connectivity index (χ1n) is 14.7. The fourth-order valence-electron chi connectivity index (χ4n) is 6.15. The van der Waals surface area contributed by atoms with Crippen LogP contribution < -0.4 is 11.1 Å². The highest BCUT2D eigenvalue weighted by atomic mass is 35.5. The number of halogens is 2. The number of carbonyl (C=O) groups excluding carboxylic acids is 2. The number of ether oxygens (including phenoxy) is 1. The zero-order chi connectivity index (χ0) is 31.3. The molecule has 44 heavy (non-hydrogen) atoms. The number of nitrogens with one attached hydrogen (secondary N) is 1. The molecule has 1 saturated heterocycles. The van der Waals surface area contributed by atoms with Crippen LogP contribution in [-0.2, 0) is 16.9 Å². The molecule has 1 fully saturated rings. The Morgan fingerprint density at radius 3 is 2.77 bits per heavy atom. The van der Waals surface area contributed by atoms with Crippen LogP contribution in [-0.4, -0.2) is 53.7 Å². The number of pyridine rings is 1. The lowest BCUT2D eigenvalue weighted by Gasteiger charge is -2.44. The van der Waals surface area contributed by atoms with Crippen LogP contribution in [0.1, 0.15) is 47.2 Å². The first-order valence-corrected chi connectivity index (χ1v) is 15.1. The van der Waals surface area contributed by atoms with Crippen molar-refractivity contribution in [3.8, 4) is 11.1 Å². The van der Waals surface area contributed by atoms with Gasteiger partial charge in [-0.25, -0.2) is 9.18 Å². The van der Waals surface area contributed by atoms with E-state index in [-0.39, 0.29) is 31.6 Å². The highest BCUT2D eigenvalue weighted by Crippen LogP contribution is 2.46.